The van der Waals surface area contributed by atoms with Crippen molar-refractivity contribution in [2.24, 2.45) is 5.73 Å². The third kappa shape index (κ3) is 10.2. The van der Waals surface area contributed by atoms with Crippen LogP contribution in [0.4, 0.5) is 0 Å². The molecule has 0 aromatic heterocycles. The van der Waals surface area contributed by atoms with E-state index in [0.29, 0.717) is 55.7 Å². The lowest BCUT2D eigenvalue weighted by atomic mass is 10.2. The lowest BCUT2D eigenvalue weighted by Crippen LogP contribution is -2.33. The van der Waals surface area contributed by atoms with Crippen molar-refractivity contribution >= 4 is 11.8 Å². The van der Waals surface area contributed by atoms with E-state index < -0.39 is 12.0 Å². The van der Waals surface area contributed by atoms with Gasteiger partial charge in [0.25, 0.3) is 5.91 Å². The second-order valence-electron chi connectivity index (χ2n) is 6.98. The first-order valence-electron chi connectivity index (χ1n) is 10.5. The van der Waals surface area contributed by atoms with Gasteiger partial charge in [-0.3, -0.25) is 9.59 Å². The summed E-state index contributed by atoms with van der Waals surface area (Å²) in [5, 5.41) is 15.9. The van der Waals surface area contributed by atoms with E-state index in [9.17, 15) is 14.7 Å². The maximum absolute atomic E-state index is 11.8. The van der Waals surface area contributed by atoms with Gasteiger partial charge in [0.1, 0.15) is 25.1 Å². The van der Waals surface area contributed by atoms with Gasteiger partial charge in [-0.25, -0.2) is 0 Å². The maximum atomic E-state index is 11.8. The topological polar surface area (TPSA) is 141 Å². The van der Waals surface area contributed by atoms with Crippen molar-refractivity contribution in [2.45, 2.75) is 6.10 Å². The molecule has 10 heteroatoms. The summed E-state index contributed by atoms with van der Waals surface area (Å²) in [7, 11) is 1.56. The number of amides is 2. The van der Waals surface area contributed by atoms with Crippen LogP contribution in [0.1, 0.15) is 10.4 Å². The van der Waals surface area contributed by atoms with Gasteiger partial charge in [-0.15, -0.1) is 0 Å². The number of aliphatic hydroxyl groups is 1. The van der Waals surface area contributed by atoms with E-state index in [1.807, 2.05) is 0 Å². The average molecular weight is 462 g/mol. The summed E-state index contributed by atoms with van der Waals surface area (Å²) in [5.74, 6) is 0.711. The van der Waals surface area contributed by atoms with Gasteiger partial charge >= 0.3 is 0 Å². The highest BCUT2D eigenvalue weighted by Crippen LogP contribution is 2.26. The number of primary amides is 1. The van der Waals surface area contributed by atoms with Crippen molar-refractivity contribution in [3.8, 4) is 17.2 Å². The van der Waals surface area contributed by atoms with Crippen LogP contribution in [0.15, 0.2) is 48.5 Å². The monoisotopic (exact) mass is 461 g/mol. The Labute approximate surface area is 193 Å². The molecule has 2 rings (SSSR count). The van der Waals surface area contributed by atoms with E-state index in [0.717, 1.165) is 0 Å². The molecule has 33 heavy (non-hydrogen) atoms. The van der Waals surface area contributed by atoms with Gasteiger partial charge in [-0.2, -0.15) is 0 Å². The zero-order valence-electron chi connectivity index (χ0n) is 18.6. The Morgan fingerprint density at radius 2 is 1.67 bits per heavy atom. The molecule has 0 aliphatic carbocycles. The summed E-state index contributed by atoms with van der Waals surface area (Å²) in [6, 6.07) is 13.5. The van der Waals surface area contributed by atoms with Crippen LogP contribution in [0.3, 0.4) is 0 Å². The second-order valence-corrected chi connectivity index (χ2v) is 6.98. The Balaban J connectivity index is 1.64. The third-order valence-electron chi connectivity index (χ3n) is 4.33. The van der Waals surface area contributed by atoms with Crippen molar-refractivity contribution in [3.63, 3.8) is 0 Å². The number of ether oxygens (including phenoxy) is 4. The quantitative estimate of drug-likeness (QED) is 0.262. The standard InChI is InChI=1S/C23H31N3O7/c1-30-12-11-26-22(28)16-33-21-5-3-2-4-20(21)32-15-18(27)14-25-10-13-31-19-8-6-17(7-9-19)23(24)29/h2-9,18,25,27H,10-16H2,1H3,(H2,24,29)(H,26,28). The molecule has 0 aliphatic rings. The molecule has 2 amide bonds. The summed E-state index contributed by atoms with van der Waals surface area (Å²) in [6.07, 6.45) is -0.759. The molecule has 5 N–H and O–H groups in total. The Kier molecular flexibility index (Phi) is 11.5. The Morgan fingerprint density at radius 1 is 0.970 bits per heavy atom. The molecule has 1 atom stereocenters. The number of nitrogens with two attached hydrogens (primary N) is 1. The number of benzene rings is 2. The Bertz CT molecular complexity index is 861. The van der Waals surface area contributed by atoms with Crippen LogP contribution in [-0.2, 0) is 9.53 Å². The predicted molar refractivity (Wildman–Crippen MR) is 122 cm³/mol. The zero-order chi connectivity index (χ0) is 23.9. The van der Waals surface area contributed by atoms with Gasteiger partial charge in [0.2, 0.25) is 5.91 Å². The fraction of sp³-hybridized carbons (Fsp3) is 0.391. The zero-order valence-corrected chi connectivity index (χ0v) is 18.6. The molecule has 0 bridgehead atoms. The number of hydrogen-bond donors (Lipinski definition) is 4. The Hall–Kier alpha value is -3.34. The normalized spacial score (nSPS) is 11.5. The lowest BCUT2D eigenvalue weighted by molar-refractivity contribution is -0.123. The first-order valence-corrected chi connectivity index (χ1v) is 10.5. The van der Waals surface area contributed by atoms with Crippen molar-refractivity contribution in [2.75, 3.05) is 53.2 Å². The van der Waals surface area contributed by atoms with E-state index in [4.69, 9.17) is 24.7 Å². The van der Waals surface area contributed by atoms with Gasteiger partial charge in [0.15, 0.2) is 18.1 Å². The molecule has 0 fully saturated rings. The van der Waals surface area contributed by atoms with Crippen LogP contribution < -0.4 is 30.6 Å². The van der Waals surface area contributed by atoms with Crippen LogP contribution in [0, 0.1) is 0 Å². The third-order valence-corrected chi connectivity index (χ3v) is 4.33. The number of methoxy groups -OCH3 is 1. The highest BCUT2D eigenvalue weighted by Gasteiger charge is 2.10. The molecule has 2 aromatic carbocycles. The van der Waals surface area contributed by atoms with Gasteiger partial charge in [0, 0.05) is 32.3 Å². The van der Waals surface area contributed by atoms with Crippen molar-refractivity contribution in [1.29, 1.82) is 0 Å². The van der Waals surface area contributed by atoms with Crippen LogP contribution >= 0.6 is 0 Å². The van der Waals surface area contributed by atoms with E-state index in [2.05, 4.69) is 10.6 Å². The number of rotatable bonds is 16. The number of carbonyl (C=O) groups excluding carboxylic acids is 2. The number of para-hydroxylation sites is 2. The number of carbonyl (C=O) groups is 2. The second kappa shape index (κ2) is 14.7. The van der Waals surface area contributed by atoms with E-state index in [1.54, 1.807) is 55.6 Å². The SMILES string of the molecule is COCCNC(=O)COc1ccccc1OCC(O)CNCCOc1ccc(C(N)=O)cc1. The molecule has 0 aliphatic heterocycles. The summed E-state index contributed by atoms with van der Waals surface area (Å²) in [4.78, 5) is 22.8. The van der Waals surface area contributed by atoms with Crippen molar-refractivity contribution < 1.29 is 33.6 Å². The summed E-state index contributed by atoms with van der Waals surface area (Å²) >= 11 is 0. The maximum Gasteiger partial charge on any atom is 0.258 e. The summed E-state index contributed by atoms with van der Waals surface area (Å²) in [5.41, 5.74) is 5.62. The Morgan fingerprint density at radius 3 is 2.33 bits per heavy atom. The molecule has 0 spiro atoms. The molecule has 2 aromatic rings. The smallest absolute Gasteiger partial charge is 0.258 e. The van der Waals surface area contributed by atoms with E-state index >= 15 is 0 Å². The summed E-state index contributed by atoms with van der Waals surface area (Å²) < 4.78 is 21.6. The fourth-order valence-corrected chi connectivity index (χ4v) is 2.65. The minimum absolute atomic E-state index is 0.0445. The van der Waals surface area contributed by atoms with Crippen LogP contribution in [0.2, 0.25) is 0 Å². The van der Waals surface area contributed by atoms with Gasteiger partial charge in [-0.1, -0.05) is 12.1 Å². The number of aliphatic hydroxyl groups excluding tert-OH is 1. The molecule has 0 heterocycles. The van der Waals surface area contributed by atoms with E-state index in [1.165, 1.54) is 0 Å². The fourth-order valence-electron chi connectivity index (χ4n) is 2.65. The van der Waals surface area contributed by atoms with Crippen LogP contribution in [0.25, 0.3) is 0 Å². The molecule has 10 nitrogen and oxygen atoms in total. The number of nitrogens with one attached hydrogen (secondary N) is 2. The number of hydrogen-bond acceptors (Lipinski definition) is 8. The van der Waals surface area contributed by atoms with Gasteiger partial charge in [-0.05, 0) is 36.4 Å². The van der Waals surface area contributed by atoms with Gasteiger partial charge < -0.3 is 40.4 Å². The van der Waals surface area contributed by atoms with Crippen molar-refractivity contribution in [1.82, 2.24) is 10.6 Å². The first-order chi connectivity index (χ1) is 16.0. The molecule has 0 radical (unpaired) electrons. The molecule has 0 saturated heterocycles. The van der Waals surface area contributed by atoms with Crippen molar-refractivity contribution in [3.05, 3.63) is 54.1 Å². The molecular weight excluding hydrogens is 430 g/mol. The minimum Gasteiger partial charge on any atom is -0.492 e. The molecule has 180 valence electrons. The highest BCUT2D eigenvalue weighted by molar-refractivity contribution is 5.92. The first kappa shape index (κ1) is 25.9. The molecule has 1 unspecified atom stereocenters. The molecular formula is C23H31N3O7. The predicted octanol–water partition coefficient (Wildman–Crippen LogP) is 0.335. The largest absolute Gasteiger partial charge is 0.492 e. The van der Waals surface area contributed by atoms with Gasteiger partial charge in [0.05, 0.1) is 6.61 Å². The minimum atomic E-state index is -0.759. The van der Waals surface area contributed by atoms with Crippen LogP contribution in [0.5, 0.6) is 17.2 Å². The lowest BCUT2D eigenvalue weighted by Gasteiger charge is -2.16. The molecule has 0 saturated carbocycles. The van der Waals surface area contributed by atoms with E-state index in [-0.39, 0.29) is 19.1 Å². The van der Waals surface area contributed by atoms with Crippen LogP contribution in [-0.4, -0.2) is 76.2 Å². The average Bonchev–Trinajstić information content (AvgIpc) is 2.82. The highest BCUT2D eigenvalue weighted by atomic mass is 16.5. The summed E-state index contributed by atoms with van der Waals surface area (Å²) in [6.45, 7) is 1.91.